The van der Waals surface area contributed by atoms with Crippen molar-refractivity contribution in [3.05, 3.63) is 59.8 Å². The van der Waals surface area contributed by atoms with E-state index in [1.807, 2.05) is 23.6 Å². The zero-order valence-electron chi connectivity index (χ0n) is 15.8. The van der Waals surface area contributed by atoms with Gasteiger partial charge in [-0.15, -0.1) is 10.2 Å². The summed E-state index contributed by atoms with van der Waals surface area (Å²) in [6.45, 7) is 0.568. The number of anilines is 1. The summed E-state index contributed by atoms with van der Waals surface area (Å²) in [7, 11) is 3.72. The zero-order valence-corrected chi connectivity index (χ0v) is 15.8. The van der Waals surface area contributed by atoms with E-state index in [0.717, 1.165) is 17.8 Å². The highest BCUT2D eigenvalue weighted by atomic mass is 19.1. The summed E-state index contributed by atoms with van der Waals surface area (Å²) in [6, 6.07) is 9.67. The van der Waals surface area contributed by atoms with E-state index in [1.54, 1.807) is 30.5 Å². The summed E-state index contributed by atoms with van der Waals surface area (Å²) in [5.41, 5.74) is 1.34. The molecular weight excluding hydrogens is 359 g/mol. The van der Waals surface area contributed by atoms with Crippen LogP contribution in [0.4, 0.5) is 10.2 Å². The molecule has 1 atom stereocenters. The maximum atomic E-state index is 13.2. The van der Waals surface area contributed by atoms with E-state index in [4.69, 9.17) is 0 Å². The first kappa shape index (κ1) is 18.1. The lowest BCUT2D eigenvalue weighted by atomic mass is 10.1. The third-order valence-corrected chi connectivity index (χ3v) is 4.84. The van der Waals surface area contributed by atoms with Crippen molar-refractivity contribution in [1.82, 2.24) is 25.1 Å². The number of carbonyl (C=O) groups is 1. The summed E-state index contributed by atoms with van der Waals surface area (Å²) in [4.78, 5) is 18.9. The van der Waals surface area contributed by atoms with Gasteiger partial charge in [-0.2, -0.15) is 0 Å². The van der Waals surface area contributed by atoms with Crippen molar-refractivity contribution in [3.63, 3.8) is 0 Å². The number of benzene rings is 1. The molecule has 4 rings (SSSR count). The maximum Gasteiger partial charge on any atom is 0.255 e. The number of rotatable bonds is 4. The first-order valence-electron chi connectivity index (χ1n) is 9.14. The van der Waals surface area contributed by atoms with Crippen LogP contribution in [-0.4, -0.2) is 45.8 Å². The van der Waals surface area contributed by atoms with Crippen LogP contribution in [0.3, 0.4) is 0 Å². The lowest BCUT2D eigenvalue weighted by Crippen LogP contribution is -2.41. The van der Waals surface area contributed by atoms with Gasteiger partial charge in [0, 0.05) is 44.9 Å². The van der Waals surface area contributed by atoms with Gasteiger partial charge in [-0.05, 0) is 42.8 Å². The number of hydrogen-bond donors (Lipinski definition) is 1. The van der Waals surface area contributed by atoms with Gasteiger partial charge in [-0.1, -0.05) is 0 Å². The van der Waals surface area contributed by atoms with Crippen LogP contribution in [0.1, 0.15) is 22.6 Å². The number of fused-ring (bicyclic) bond motifs is 1. The molecule has 1 aliphatic rings. The average Bonchev–Trinajstić information content (AvgIpc) is 3.12. The van der Waals surface area contributed by atoms with Gasteiger partial charge < -0.3 is 14.8 Å². The van der Waals surface area contributed by atoms with Crippen LogP contribution in [0.25, 0.3) is 11.4 Å². The van der Waals surface area contributed by atoms with Gasteiger partial charge in [0.15, 0.2) is 5.82 Å². The van der Waals surface area contributed by atoms with Crippen molar-refractivity contribution in [2.24, 2.45) is 0 Å². The van der Waals surface area contributed by atoms with Crippen LogP contribution in [-0.2, 0) is 13.0 Å². The molecule has 1 aromatic carbocycles. The number of carbonyl (C=O) groups excluding carboxylic acids is 1. The van der Waals surface area contributed by atoms with Crippen molar-refractivity contribution in [1.29, 1.82) is 0 Å². The van der Waals surface area contributed by atoms with Crippen molar-refractivity contribution >= 4 is 11.7 Å². The maximum absolute atomic E-state index is 13.2. The molecule has 0 radical (unpaired) electrons. The van der Waals surface area contributed by atoms with Gasteiger partial charge in [0.2, 0.25) is 0 Å². The molecule has 3 heterocycles. The Kier molecular flexibility index (Phi) is 4.77. The Hall–Kier alpha value is -3.29. The molecule has 1 N–H and O–H groups in total. The first-order chi connectivity index (χ1) is 13.5. The fraction of sp³-hybridized carbons (Fsp3) is 0.300. The number of amides is 1. The Balaban J connectivity index is 1.54. The molecule has 7 nitrogen and oxygen atoms in total. The van der Waals surface area contributed by atoms with E-state index < -0.39 is 0 Å². The Morgan fingerprint density at radius 1 is 1.21 bits per heavy atom. The average molecular weight is 380 g/mol. The highest BCUT2D eigenvalue weighted by molar-refractivity contribution is 5.99. The van der Waals surface area contributed by atoms with Gasteiger partial charge in [-0.3, -0.25) is 4.79 Å². The molecule has 3 aromatic rings. The second-order valence-corrected chi connectivity index (χ2v) is 7.04. The quantitative estimate of drug-likeness (QED) is 0.752. The van der Waals surface area contributed by atoms with Gasteiger partial charge in [0.05, 0.1) is 5.56 Å². The normalized spacial score (nSPS) is 15.8. The number of aromatic nitrogens is 4. The molecule has 0 fully saturated rings. The SMILES string of the molecule is CN(C)c1ncccc1C(=O)N[C@@H]1CCc2nnc(-c3ccc(F)cc3)n2C1. The van der Waals surface area contributed by atoms with Gasteiger partial charge in [-0.25, -0.2) is 9.37 Å². The predicted molar refractivity (Wildman–Crippen MR) is 104 cm³/mol. The van der Waals surface area contributed by atoms with Crippen LogP contribution < -0.4 is 10.2 Å². The van der Waals surface area contributed by atoms with E-state index in [1.165, 1.54) is 12.1 Å². The Labute approximate surface area is 162 Å². The second kappa shape index (κ2) is 7.38. The summed E-state index contributed by atoms with van der Waals surface area (Å²) in [5, 5.41) is 11.6. The molecule has 28 heavy (non-hydrogen) atoms. The van der Waals surface area contributed by atoms with Crippen LogP contribution in [0, 0.1) is 5.82 Å². The number of aryl methyl sites for hydroxylation is 1. The van der Waals surface area contributed by atoms with Gasteiger partial charge in [0.25, 0.3) is 5.91 Å². The zero-order chi connectivity index (χ0) is 19.7. The lowest BCUT2D eigenvalue weighted by Gasteiger charge is -2.26. The summed E-state index contributed by atoms with van der Waals surface area (Å²) in [5.74, 6) is 1.75. The molecule has 2 aromatic heterocycles. The van der Waals surface area contributed by atoms with Crippen molar-refractivity contribution in [2.45, 2.75) is 25.4 Å². The number of hydrogen-bond acceptors (Lipinski definition) is 5. The third kappa shape index (κ3) is 3.45. The Bertz CT molecular complexity index is 998. The molecule has 0 spiro atoms. The molecule has 0 saturated carbocycles. The molecule has 0 unspecified atom stereocenters. The van der Waals surface area contributed by atoms with Crippen molar-refractivity contribution < 1.29 is 9.18 Å². The highest BCUT2D eigenvalue weighted by Crippen LogP contribution is 2.24. The minimum absolute atomic E-state index is 0.0505. The molecule has 1 amide bonds. The van der Waals surface area contributed by atoms with Crippen LogP contribution in [0.5, 0.6) is 0 Å². The molecule has 8 heteroatoms. The number of nitrogens with one attached hydrogen (secondary N) is 1. The molecule has 0 saturated heterocycles. The Morgan fingerprint density at radius 2 is 2.00 bits per heavy atom. The standard InChI is InChI=1S/C20H21FN6O/c1-26(2)19-16(4-3-11-22-19)20(28)23-15-9-10-17-24-25-18(27(17)12-15)13-5-7-14(21)8-6-13/h3-8,11,15H,9-10,12H2,1-2H3,(H,23,28)/t15-/m1/s1. The van der Waals surface area contributed by atoms with E-state index >= 15 is 0 Å². The molecule has 1 aliphatic heterocycles. The third-order valence-electron chi connectivity index (χ3n) is 4.84. The van der Waals surface area contributed by atoms with Crippen LogP contribution in [0.15, 0.2) is 42.6 Å². The summed E-state index contributed by atoms with van der Waals surface area (Å²) in [6.07, 6.45) is 3.17. The fourth-order valence-corrected chi connectivity index (χ4v) is 3.45. The van der Waals surface area contributed by atoms with E-state index in [-0.39, 0.29) is 17.8 Å². The molecule has 144 valence electrons. The molecule has 0 bridgehead atoms. The topological polar surface area (TPSA) is 75.9 Å². The van der Waals surface area contributed by atoms with Crippen LogP contribution >= 0.6 is 0 Å². The van der Waals surface area contributed by atoms with Crippen molar-refractivity contribution in [2.75, 3.05) is 19.0 Å². The van der Waals surface area contributed by atoms with Gasteiger partial charge >= 0.3 is 0 Å². The fourth-order valence-electron chi connectivity index (χ4n) is 3.45. The highest BCUT2D eigenvalue weighted by Gasteiger charge is 2.26. The monoisotopic (exact) mass is 380 g/mol. The number of halogens is 1. The Morgan fingerprint density at radius 3 is 2.75 bits per heavy atom. The number of nitrogens with zero attached hydrogens (tertiary/aromatic N) is 5. The summed E-state index contributed by atoms with van der Waals surface area (Å²) < 4.78 is 15.2. The lowest BCUT2D eigenvalue weighted by molar-refractivity contribution is 0.0928. The molecule has 0 aliphatic carbocycles. The first-order valence-corrected chi connectivity index (χ1v) is 9.14. The second-order valence-electron chi connectivity index (χ2n) is 7.04. The largest absolute Gasteiger partial charge is 0.362 e. The molecular formula is C20H21FN6O. The smallest absolute Gasteiger partial charge is 0.255 e. The van der Waals surface area contributed by atoms with E-state index in [0.29, 0.717) is 30.2 Å². The number of pyridine rings is 1. The van der Waals surface area contributed by atoms with Gasteiger partial charge in [0.1, 0.15) is 17.5 Å². The summed E-state index contributed by atoms with van der Waals surface area (Å²) >= 11 is 0. The minimum Gasteiger partial charge on any atom is -0.362 e. The van der Waals surface area contributed by atoms with Crippen LogP contribution in [0.2, 0.25) is 0 Å². The minimum atomic E-state index is -0.291. The predicted octanol–water partition coefficient (Wildman–Crippen LogP) is 2.29. The van der Waals surface area contributed by atoms with Crippen molar-refractivity contribution in [3.8, 4) is 11.4 Å². The van der Waals surface area contributed by atoms with E-state index in [2.05, 4.69) is 20.5 Å². The van der Waals surface area contributed by atoms with E-state index in [9.17, 15) is 9.18 Å².